The van der Waals surface area contributed by atoms with E-state index in [0.29, 0.717) is 35.3 Å². The number of thioether (sulfide) groups is 1. The summed E-state index contributed by atoms with van der Waals surface area (Å²) < 4.78 is 9.93. The van der Waals surface area contributed by atoms with E-state index in [9.17, 15) is 9.59 Å². The summed E-state index contributed by atoms with van der Waals surface area (Å²) in [5.74, 6) is -0.123. The molecule has 1 aliphatic rings. The average molecular weight is 285 g/mol. The fourth-order valence-corrected chi connectivity index (χ4v) is 2.45. The van der Waals surface area contributed by atoms with Crippen LogP contribution in [0.4, 0.5) is 0 Å². The molecule has 1 rings (SSSR count). The van der Waals surface area contributed by atoms with Crippen LogP contribution >= 0.6 is 11.8 Å². The molecule has 0 aromatic carbocycles. The van der Waals surface area contributed by atoms with Crippen molar-refractivity contribution in [2.75, 3.05) is 19.0 Å². The molecule has 0 aromatic rings. The maximum Gasteiger partial charge on any atom is 0.354 e. The zero-order chi connectivity index (χ0) is 14.4. The molecule has 0 saturated heterocycles. The van der Waals surface area contributed by atoms with Crippen molar-refractivity contribution < 1.29 is 19.1 Å². The first kappa shape index (κ1) is 15.6. The van der Waals surface area contributed by atoms with E-state index >= 15 is 0 Å². The molecule has 1 heterocycles. The van der Waals surface area contributed by atoms with E-state index in [0.717, 1.165) is 5.57 Å². The third-order valence-electron chi connectivity index (χ3n) is 2.50. The van der Waals surface area contributed by atoms with Gasteiger partial charge in [0.2, 0.25) is 0 Å². The number of ether oxygens (including phenoxy) is 2. The SMILES string of the molecule is CCOC(=O)C1=C(C)CS/C(=C(\C)C(=O)OCC)N1. The molecule has 0 bridgehead atoms. The zero-order valence-corrected chi connectivity index (χ0v) is 12.5. The lowest BCUT2D eigenvalue weighted by Gasteiger charge is -2.22. The highest BCUT2D eigenvalue weighted by Gasteiger charge is 2.23. The zero-order valence-electron chi connectivity index (χ0n) is 11.7. The quantitative estimate of drug-likeness (QED) is 0.629. The van der Waals surface area contributed by atoms with E-state index in [4.69, 9.17) is 9.47 Å². The van der Waals surface area contributed by atoms with Gasteiger partial charge in [-0.3, -0.25) is 0 Å². The van der Waals surface area contributed by atoms with Crippen LogP contribution in [0.1, 0.15) is 27.7 Å². The molecule has 19 heavy (non-hydrogen) atoms. The number of nitrogens with one attached hydrogen (secondary N) is 1. The van der Waals surface area contributed by atoms with Crippen LogP contribution in [0.5, 0.6) is 0 Å². The van der Waals surface area contributed by atoms with Crippen LogP contribution in [0.2, 0.25) is 0 Å². The van der Waals surface area contributed by atoms with Gasteiger partial charge < -0.3 is 14.8 Å². The summed E-state index contributed by atoms with van der Waals surface area (Å²) in [6.07, 6.45) is 0. The largest absolute Gasteiger partial charge is 0.463 e. The Balaban J connectivity index is 2.91. The lowest BCUT2D eigenvalue weighted by molar-refractivity contribution is -0.140. The summed E-state index contributed by atoms with van der Waals surface area (Å²) in [7, 11) is 0. The first-order chi connectivity index (χ1) is 9.01. The van der Waals surface area contributed by atoms with Crippen LogP contribution in [0, 0.1) is 0 Å². The third-order valence-corrected chi connectivity index (χ3v) is 3.77. The van der Waals surface area contributed by atoms with Gasteiger partial charge in [-0.15, -0.1) is 11.8 Å². The molecule has 0 atom stereocenters. The predicted molar refractivity (Wildman–Crippen MR) is 74.3 cm³/mol. The van der Waals surface area contributed by atoms with Gasteiger partial charge in [0.25, 0.3) is 0 Å². The van der Waals surface area contributed by atoms with Crippen LogP contribution in [0.3, 0.4) is 0 Å². The maximum atomic E-state index is 11.8. The number of rotatable bonds is 4. The predicted octanol–water partition coefficient (Wildman–Crippen LogP) is 1.95. The minimum Gasteiger partial charge on any atom is -0.463 e. The van der Waals surface area contributed by atoms with Crippen molar-refractivity contribution in [2.45, 2.75) is 27.7 Å². The first-order valence-corrected chi connectivity index (χ1v) is 7.14. The molecule has 5 nitrogen and oxygen atoms in total. The number of hydrogen-bond acceptors (Lipinski definition) is 6. The Morgan fingerprint density at radius 1 is 1.26 bits per heavy atom. The van der Waals surface area contributed by atoms with Crippen molar-refractivity contribution in [1.29, 1.82) is 0 Å². The fourth-order valence-electron chi connectivity index (χ4n) is 1.47. The van der Waals surface area contributed by atoms with Gasteiger partial charge >= 0.3 is 11.9 Å². The Hall–Kier alpha value is -1.43. The van der Waals surface area contributed by atoms with Crippen LogP contribution in [0.15, 0.2) is 21.9 Å². The normalized spacial score (nSPS) is 17.7. The van der Waals surface area contributed by atoms with Crippen LogP contribution in [-0.4, -0.2) is 30.9 Å². The van der Waals surface area contributed by atoms with Crippen molar-refractivity contribution in [3.8, 4) is 0 Å². The van der Waals surface area contributed by atoms with Crippen molar-refractivity contribution in [2.24, 2.45) is 0 Å². The molecule has 0 fully saturated rings. The summed E-state index contributed by atoms with van der Waals surface area (Å²) in [6.45, 7) is 7.70. The van der Waals surface area contributed by atoms with Gasteiger partial charge in [0.1, 0.15) is 5.70 Å². The molecule has 0 aromatic heterocycles. The van der Waals surface area contributed by atoms with Crippen molar-refractivity contribution in [1.82, 2.24) is 5.32 Å². The minimum absolute atomic E-state index is 0.320. The van der Waals surface area contributed by atoms with Gasteiger partial charge in [0, 0.05) is 5.75 Å². The van der Waals surface area contributed by atoms with Gasteiger partial charge in [0.05, 0.1) is 23.8 Å². The molecule has 0 saturated carbocycles. The molecular weight excluding hydrogens is 266 g/mol. The topological polar surface area (TPSA) is 64.6 Å². The van der Waals surface area contributed by atoms with Crippen molar-refractivity contribution >= 4 is 23.7 Å². The highest BCUT2D eigenvalue weighted by molar-refractivity contribution is 8.03. The second kappa shape index (κ2) is 7.23. The molecule has 0 amide bonds. The molecular formula is C13H19NO4S. The molecule has 0 radical (unpaired) electrons. The van der Waals surface area contributed by atoms with Crippen molar-refractivity contribution in [3.63, 3.8) is 0 Å². The Morgan fingerprint density at radius 2 is 1.89 bits per heavy atom. The Kier molecular flexibility index (Phi) is 5.95. The van der Waals surface area contributed by atoms with E-state index in [1.54, 1.807) is 20.8 Å². The minimum atomic E-state index is -0.394. The maximum absolute atomic E-state index is 11.8. The summed E-state index contributed by atoms with van der Waals surface area (Å²) in [4.78, 5) is 23.4. The van der Waals surface area contributed by atoms with Gasteiger partial charge in [-0.05, 0) is 33.3 Å². The van der Waals surface area contributed by atoms with E-state index in [2.05, 4.69) is 5.32 Å². The van der Waals surface area contributed by atoms with E-state index < -0.39 is 5.97 Å². The molecule has 0 spiro atoms. The van der Waals surface area contributed by atoms with Gasteiger partial charge in [-0.25, -0.2) is 9.59 Å². The molecule has 106 valence electrons. The van der Waals surface area contributed by atoms with E-state index in [1.807, 2.05) is 6.92 Å². The van der Waals surface area contributed by atoms with Crippen LogP contribution in [0.25, 0.3) is 0 Å². The lowest BCUT2D eigenvalue weighted by Crippen LogP contribution is -2.28. The number of hydrogen-bond donors (Lipinski definition) is 1. The summed E-state index contributed by atoms with van der Waals surface area (Å²) in [6, 6.07) is 0. The standard InChI is InChI=1S/C13H19NO4S/c1-5-17-12(15)9(4)11-14-10(8(3)7-19-11)13(16)18-6-2/h14H,5-7H2,1-4H3/b11-9+. The summed E-state index contributed by atoms with van der Waals surface area (Å²) in [5.41, 5.74) is 1.80. The monoisotopic (exact) mass is 285 g/mol. The molecule has 1 aliphatic heterocycles. The molecule has 6 heteroatoms. The first-order valence-electron chi connectivity index (χ1n) is 6.15. The number of carbonyl (C=O) groups excluding carboxylic acids is 2. The molecule has 0 aliphatic carbocycles. The third kappa shape index (κ3) is 4.02. The number of esters is 2. The summed E-state index contributed by atoms with van der Waals surface area (Å²) >= 11 is 1.47. The second-order valence-corrected chi connectivity index (χ2v) is 4.95. The Morgan fingerprint density at radius 3 is 2.47 bits per heavy atom. The van der Waals surface area contributed by atoms with Gasteiger partial charge in [-0.2, -0.15) is 0 Å². The lowest BCUT2D eigenvalue weighted by atomic mass is 10.2. The highest BCUT2D eigenvalue weighted by Crippen LogP contribution is 2.28. The smallest absolute Gasteiger partial charge is 0.354 e. The van der Waals surface area contributed by atoms with Crippen LogP contribution in [-0.2, 0) is 19.1 Å². The summed E-state index contributed by atoms with van der Waals surface area (Å²) in [5, 5.41) is 3.62. The molecule has 0 unspecified atom stereocenters. The molecule has 1 N–H and O–H groups in total. The Labute approximate surface area is 117 Å². The van der Waals surface area contributed by atoms with E-state index in [1.165, 1.54) is 11.8 Å². The highest BCUT2D eigenvalue weighted by atomic mass is 32.2. The van der Waals surface area contributed by atoms with Gasteiger partial charge in [-0.1, -0.05) is 0 Å². The van der Waals surface area contributed by atoms with Crippen molar-refractivity contribution in [3.05, 3.63) is 21.9 Å². The fraction of sp³-hybridized carbons (Fsp3) is 0.538. The second-order valence-electron chi connectivity index (χ2n) is 3.96. The Bertz CT molecular complexity index is 440. The number of carbonyl (C=O) groups is 2. The van der Waals surface area contributed by atoms with Gasteiger partial charge in [0.15, 0.2) is 0 Å². The van der Waals surface area contributed by atoms with E-state index in [-0.39, 0.29) is 5.97 Å². The average Bonchev–Trinajstić information content (AvgIpc) is 2.39. The van der Waals surface area contributed by atoms with Crippen LogP contribution < -0.4 is 5.32 Å².